The van der Waals surface area contributed by atoms with E-state index in [-0.39, 0.29) is 11.1 Å². The second kappa shape index (κ2) is 4.44. The lowest BCUT2D eigenvalue weighted by Gasteiger charge is -2.29. The predicted molar refractivity (Wildman–Crippen MR) is 70.4 cm³/mol. The molecular formula is C15H11FO5. The maximum Gasteiger partial charge on any atom is 0.348 e. The SMILES string of the molecule is CC1(C)OC(=O)C(=Cc2c(F)ccc3occc23)C(=O)O1. The van der Waals surface area contributed by atoms with E-state index in [4.69, 9.17) is 13.9 Å². The average Bonchev–Trinajstić information content (AvgIpc) is 2.83. The topological polar surface area (TPSA) is 65.7 Å². The summed E-state index contributed by atoms with van der Waals surface area (Å²) in [4.78, 5) is 23.7. The highest BCUT2D eigenvalue weighted by Gasteiger charge is 2.39. The van der Waals surface area contributed by atoms with Crippen LogP contribution in [0.3, 0.4) is 0 Å². The molecule has 108 valence electrons. The number of fused-ring (bicyclic) bond motifs is 1. The Balaban J connectivity index is 2.12. The minimum atomic E-state index is -1.33. The molecule has 1 saturated heterocycles. The first-order valence-electron chi connectivity index (χ1n) is 6.21. The maximum absolute atomic E-state index is 14.0. The minimum absolute atomic E-state index is 0.0739. The van der Waals surface area contributed by atoms with Gasteiger partial charge in [0, 0.05) is 24.8 Å². The van der Waals surface area contributed by atoms with E-state index in [0.717, 1.165) is 6.08 Å². The van der Waals surface area contributed by atoms with E-state index in [0.29, 0.717) is 11.0 Å². The van der Waals surface area contributed by atoms with Crippen molar-refractivity contribution in [2.45, 2.75) is 19.6 Å². The van der Waals surface area contributed by atoms with Crippen LogP contribution in [0.5, 0.6) is 0 Å². The molecule has 1 aliphatic heterocycles. The Kier molecular flexibility index (Phi) is 2.83. The summed E-state index contributed by atoms with van der Waals surface area (Å²) in [6.07, 6.45) is 2.51. The van der Waals surface area contributed by atoms with Crippen molar-refractivity contribution in [2.75, 3.05) is 0 Å². The van der Waals surface area contributed by atoms with Gasteiger partial charge in [-0.2, -0.15) is 0 Å². The molecule has 6 heteroatoms. The van der Waals surface area contributed by atoms with Crippen molar-refractivity contribution in [1.29, 1.82) is 0 Å². The van der Waals surface area contributed by atoms with Gasteiger partial charge in [-0.3, -0.25) is 0 Å². The van der Waals surface area contributed by atoms with Crippen LogP contribution in [0.2, 0.25) is 0 Å². The predicted octanol–water partition coefficient (Wildman–Crippen LogP) is 2.79. The van der Waals surface area contributed by atoms with Crippen molar-refractivity contribution in [1.82, 2.24) is 0 Å². The Morgan fingerprint density at radius 2 is 1.76 bits per heavy atom. The lowest BCUT2D eigenvalue weighted by atomic mass is 10.1. The number of hydrogen-bond acceptors (Lipinski definition) is 5. The van der Waals surface area contributed by atoms with Gasteiger partial charge in [0.25, 0.3) is 5.79 Å². The highest BCUT2D eigenvalue weighted by Crippen LogP contribution is 2.28. The second-order valence-electron chi connectivity index (χ2n) is 5.03. The van der Waals surface area contributed by atoms with Gasteiger partial charge in [0.15, 0.2) is 0 Å². The van der Waals surface area contributed by atoms with Crippen molar-refractivity contribution < 1.29 is 27.9 Å². The summed E-state index contributed by atoms with van der Waals surface area (Å²) in [5.74, 6) is -3.61. The summed E-state index contributed by atoms with van der Waals surface area (Å²) in [6.45, 7) is 2.88. The normalized spacial score (nSPS) is 17.6. The molecule has 1 aromatic heterocycles. The molecule has 3 rings (SSSR count). The molecule has 2 aromatic rings. The molecule has 0 saturated carbocycles. The van der Waals surface area contributed by atoms with E-state index < -0.39 is 23.5 Å². The fraction of sp³-hybridized carbons (Fsp3) is 0.200. The van der Waals surface area contributed by atoms with Crippen molar-refractivity contribution in [3.8, 4) is 0 Å². The summed E-state index contributed by atoms with van der Waals surface area (Å²) in [5.41, 5.74) is 0.160. The first-order valence-corrected chi connectivity index (χ1v) is 6.21. The van der Waals surface area contributed by atoms with Crippen molar-refractivity contribution in [3.05, 3.63) is 41.4 Å². The fourth-order valence-corrected chi connectivity index (χ4v) is 2.11. The van der Waals surface area contributed by atoms with Gasteiger partial charge in [-0.1, -0.05) is 0 Å². The number of hydrogen-bond donors (Lipinski definition) is 0. The quantitative estimate of drug-likeness (QED) is 0.459. The van der Waals surface area contributed by atoms with Crippen LogP contribution in [0, 0.1) is 5.82 Å². The molecule has 0 spiro atoms. The zero-order valence-corrected chi connectivity index (χ0v) is 11.3. The first-order chi connectivity index (χ1) is 9.87. The van der Waals surface area contributed by atoms with Crippen molar-refractivity contribution in [2.24, 2.45) is 0 Å². The van der Waals surface area contributed by atoms with Crippen molar-refractivity contribution in [3.63, 3.8) is 0 Å². The Morgan fingerprint density at radius 3 is 2.43 bits per heavy atom. The number of cyclic esters (lactones) is 2. The summed E-state index contributed by atoms with van der Waals surface area (Å²) in [5, 5.41) is 0.452. The van der Waals surface area contributed by atoms with Gasteiger partial charge in [-0.15, -0.1) is 0 Å². The molecular weight excluding hydrogens is 279 g/mol. The van der Waals surface area contributed by atoms with E-state index in [1.165, 1.54) is 32.2 Å². The summed E-state index contributed by atoms with van der Waals surface area (Å²) < 4.78 is 29.1. The molecule has 1 aromatic carbocycles. The van der Waals surface area contributed by atoms with Gasteiger partial charge in [-0.05, 0) is 24.3 Å². The largest absolute Gasteiger partial charge is 0.464 e. The average molecular weight is 290 g/mol. The number of esters is 2. The summed E-state index contributed by atoms with van der Waals surface area (Å²) in [6, 6.07) is 4.21. The Bertz CT molecular complexity index is 762. The molecule has 0 amide bonds. The van der Waals surface area contributed by atoms with Gasteiger partial charge < -0.3 is 13.9 Å². The van der Waals surface area contributed by atoms with E-state index in [9.17, 15) is 14.0 Å². The third-order valence-electron chi connectivity index (χ3n) is 3.03. The van der Waals surface area contributed by atoms with Gasteiger partial charge >= 0.3 is 11.9 Å². The number of carbonyl (C=O) groups is 2. The van der Waals surface area contributed by atoms with Crippen LogP contribution in [0.4, 0.5) is 4.39 Å². The lowest BCUT2D eigenvalue weighted by molar-refractivity contribution is -0.222. The van der Waals surface area contributed by atoms with Crippen LogP contribution in [0.15, 0.2) is 34.5 Å². The monoisotopic (exact) mass is 290 g/mol. The maximum atomic E-state index is 14.0. The summed E-state index contributed by atoms with van der Waals surface area (Å²) >= 11 is 0. The van der Waals surface area contributed by atoms with Crippen LogP contribution in [-0.4, -0.2) is 17.7 Å². The fourth-order valence-electron chi connectivity index (χ4n) is 2.11. The zero-order valence-electron chi connectivity index (χ0n) is 11.3. The Hall–Kier alpha value is -2.63. The molecule has 21 heavy (non-hydrogen) atoms. The molecule has 0 atom stereocenters. The van der Waals surface area contributed by atoms with Gasteiger partial charge in [0.2, 0.25) is 0 Å². The van der Waals surface area contributed by atoms with E-state index in [2.05, 4.69) is 0 Å². The third-order valence-corrected chi connectivity index (χ3v) is 3.03. The number of benzene rings is 1. The molecule has 2 heterocycles. The molecule has 0 aliphatic carbocycles. The zero-order chi connectivity index (χ0) is 15.2. The van der Waals surface area contributed by atoms with Crippen LogP contribution < -0.4 is 0 Å². The molecule has 0 unspecified atom stereocenters. The number of furan rings is 1. The third kappa shape index (κ3) is 2.29. The highest BCUT2D eigenvalue weighted by atomic mass is 19.1. The highest BCUT2D eigenvalue weighted by molar-refractivity contribution is 6.19. The van der Waals surface area contributed by atoms with E-state index in [1.54, 1.807) is 6.07 Å². The molecule has 0 bridgehead atoms. The molecule has 0 radical (unpaired) electrons. The lowest BCUT2D eigenvalue weighted by Crippen LogP contribution is -2.41. The Morgan fingerprint density at radius 1 is 1.10 bits per heavy atom. The minimum Gasteiger partial charge on any atom is -0.464 e. The molecule has 5 nitrogen and oxygen atoms in total. The smallest absolute Gasteiger partial charge is 0.348 e. The second-order valence-corrected chi connectivity index (χ2v) is 5.03. The van der Waals surface area contributed by atoms with Crippen molar-refractivity contribution >= 4 is 29.0 Å². The van der Waals surface area contributed by atoms with Crippen LogP contribution >= 0.6 is 0 Å². The molecule has 1 fully saturated rings. The molecule has 0 N–H and O–H groups in total. The van der Waals surface area contributed by atoms with Crippen LogP contribution in [-0.2, 0) is 19.1 Å². The first kappa shape index (κ1) is 13.4. The van der Waals surface area contributed by atoms with E-state index >= 15 is 0 Å². The number of rotatable bonds is 1. The number of halogens is 1. The molecule has 1 aliphatic rings. The van der Waals surface area contributed by atoms with Gasteiger partial charge in [-0.25, -0.2) is 14.0 Å². The standard InChI is InChI=1S/C15H11FO5/c1-15(2)20-13(17)10(14(18)21-15)7-9-8-5-6-19-12(8)4-3-11(9)16/h3-7H,1-2H3. The Labute approximate surface area is 118 Å². The van der Waals surface area contributed by atoms with Gasteiger partial charge in [0.1, 0.15) is 17.0 Å². The summed E-state index contributed by atoms with van der Waals surface area (Å²) in [7, 11) is 0. The van der Waals surface area contributed by atoms with Crippen LogP contribution in [0.1, 0.15) is 19.4 Å². The number of ether oxygens (including phenoxy) is 2. The van der Waals surface area contributed by atoms with Crippen LogP contribution in [0.25, 0.3) is 17.0 Å². The number of carbonyl (C=O) groups excluding carboxylic acids is 2. The van der Waals surface area contributed by atoms with Gasteiger partial charge in [0.05, 0.1) is 6.26 Å². The van der Waals surface area contributed by atoms with E-state index in [1.807, 2.05) is 0 Å².